The monoisotopic (exact) mass is 280 g/mol. The number of aryl methyl sites for hydroxylation is 1. The molecule has 0 aliphatic carbocycles. The highest BCUT2D eigenvalue weighted by Gasteiger charge is 2.11. The smallest absolute Gasteiger partial charge is 0.307 e. The van der Waals surface area contributed by atoms with E-state index in [-0.39, 0.29) is 6.42 Å². The van der Waals surface area contributed by atoms with Gasteiger partial charge in [-0.25, -0.2) is 0 Å². The van der Waals surface area contributed by atoms with E-state index >= 15 is 0 Å². The first-order valence-electron chi connectivity index (χ1n) is 6.82. The third kappa shape index (κ3) is 2.79. The lowest BCUT2D eigenvalue weighted by Crippen LogP contribution is -2.00. The molecule has 1 N–H and O–H groups in total. The van der Waals surface area contributed by atoms with Crippen LogP contribution in [0.1, 0.15) is 16.7 Å². The maximum Gasteiger partial charge on any atom is 0.307 e. The minimum atomic E-state index is -0.810. The lowest BCUT2D eigenvalue weighted by Gasteiger charge is -2.05. The second-order valence-corrected chi connectivity index (χ2v) is 5.24. The van der Waals surface area contributed by atoms with Crippen molar-refractivity contribution in [1.29, 1.82) is 0 Å². The van der Waals surface area contributed by atoms with Crippen LogP contribution < -0.4 is 0 Å². The van der Waals surface area contributed by atoms with E-state index in [9.17, 15) is 4.79 Å². The van der Waals surface area contributed by atoms with E-state index in [1.165, 1.54) is 0 Å². The number of rotatable bonds is 4. The van der Waals surface area contributed by atoms with Gasteiger partial charge in [0.25, 0.3) is 0 Å². The van der Waals surface area contributed by atoms with Crippen LogP contribution in [0.15, 0.2) is 48.9 Å². The number of aliphatic carboxylic acids is 1. The molecule has 21 heavy (non-hydrogen) atoms. The van der Waals surface area contributed by atoms with Gasteiger partial charge in [0.05, 0.1) is 6.42 Å². The van der Waals surface area contributed by atoms with Crippen molar-refractivity contribution in [2.45, 2.75) is 19.9 Å². The number of pyridine rings is 1. The SMILES string of the molecule is Cc1cncc(Cn2cc(CC(=O)O)c3ccccc32)c1. The number of para-hydroxylation sites is 1. The fourth-order valence-electron chi connectivity index (χ4n) is 2.66. The van der Waals surface area contributed by atoms with Crippen LogP contribution in [-0.4, -0.2) is 20.6 Å². The minimum Gasteiger partial charge on any atom is -0.481 e. The quantitative estimate of drug-likeness (QED) is 0.799. The Kier molecular flexibility index (Phi) is 3.44. The van der Waals surface area contributed by atoms with Gasteiger partial charge in [-0.1, -0.05) is 24.3 Å². The fourth-order valence-corrected chi connectivity index (χ4v) is 2.66. The predicted octanol–water partition coefficient (Wildman–Crippen LogP) is 3.02. The number of benzene rings is 1. The second kappa shape index (κ2) is 5.40. The van der Waals surface area contributed by atoms with E-state index in [0.29, 0.717) is 6.54 Å². The molecule has 0 spiro atoms. The number of hydrogen-bond acceptors (Lipinski definition) is 2. The molecule has 0 radical (unpaired) electrons. The molecular formula is C17H16N2O2. The van der Waals surface area contributed by atoms with Gasteiger partial charge in [0, 0.05) is 36.0 Å². The van der Waals surface area contributed by atoms with Crippen LogP contribution in [0.5, 0.6) is 0 Å². The lowest BCUT2D eigenvalue weighted by atomic mass is 10.1. The normalized spacial score (nSPS) is 10.9. The Bertz CT molecular complexity index is 805. The summed E-state index contributed by atoms with van der Waals surface area (Å²) in [4.78, 5) is 15.2. The van der Waals surface area contributed by atoms with Crippen molar-refractivity contribution in [3.8, 4) is 0 Å². The number of hydrogen-bond donors (Lipinski definition) is 1. The van der Waals surface area contributed by atoms with Crippen molar-refractivity contribution in [2.75, 3.05) is 0 Å². The van der Waals surface area contributed by atoms with E-state index in [2.05, 4.69) is 15.6 Å². The van der Waals surface area contributed by atoms with Crippen LogP contribution >= 0.6 is 0 Å². The van der Waals surface area contributed by atoms with Crippen LogP contribution in [0.4, 0.5) is 0 Å². The van der Waals surface area contributed by atoms with Gasteiger partial charge in [-0.2, -0.15) is 0 Å². The summed E-state index contributed by atoms with van der Waals surface area (Å²) in [6.45, 7) is 2.70. The van der Waals surface area contributed by atoms with E-state index in [4.69, 9.17) is 5.11 Å². The average molecular weight is 280 g/mol. The molecule has 0 atom stereocenters. The van der Waals surface area contributed by atoms with E-state index in [1.54, 1.807) is 0 Å². The number of carboxylic acid groups (broad SMARTS) is 1. The Morgan fingerprint density at radius 1 is 1.29 bits per heavy atom. The number of carbonyl (C=O) groups is 1. The van der Waals surface area contributed by atoms with Crippen LogP contribution in [0.3, 0.4) is 0 Å². The molecule has 4 nitrogen and oxygen atoms in total. The van der Waals surface area contributed by atoms with Gasteiger partial charge < -0.3 is 9.67 Å². The van der Waals surface area contributed by atoms with Crippen molar-refractivity contribution in [3.05, 3.63) is 65.6 Å². The number of nitrogens with zero attached hydrogens (tertiary/aromatic N) is 2. The molecule has 0 bridgehead atoms. The molecule has 0 aliphatic heterocycles. The number of carboxylic acids is 1. The molecule has 0 aliphatic rings. The summed E-state index contributed by atoms with van der Waals surface area (Å²) in [5, 5.41) is 10.0. The molecule has 3 aromatic rings. The zero-order valence-electron chi connectivity index (χ0n) is 11.8. The molecule has 0 saturated heterocycles. The van der Waals surface area contributed by atoms with Crippen molar-refractivity contribution >= 4 is 16.9 Å². The van der Waals surface area contributed by atoms with Gasteiger partial charge in [-0.05, 0) is 29.7 Å². The lowest BCUT2D eigenvalue weighted by molar-refractivity contribution is -0.136. The molecule has 2 heterocycles. The predicted molar refractivity (Wildman–Crippen MR) is 81.4 cm³/mol. The Morgan fingerprint density at radius 3 is 2.86 bits per heavy atom. The largest absolute Gasteiger partial charge is 0.481 e. The molecule has 4 heteroatoms. The molecule has 2 aromatic heterocycles. The van der Waals surface area contributed by atoms with Gasteiger partial charge in [0.15, 0.2) is 0 Å². The van der Waals surface area contributed by atoms with Gasteiger partial charge in [0.2, 0.25) is 0 Å². The van der Waals surface area contributed by atoms with Gasteiger partial charge in [-0.15, -0.1) is 0 Å². The van der Waals surface area contributed by atoms with Crippen LogP contribution in [0.2, 0.25) is 0 Å². The van der Waals surface area contributed by atoms with Crippen molar-refractivity contribution in [2.24, 2.45) is 0 Å². The summed E-state index contributed by atoms with van der Waals surface area (Å²) < 4.78 is 2.09. The Balaban J connectivity index is 2.04. The molecule has 1 aromatic carbocycles. The molecule has 0 amide bonds. The molecule has 106 valence electrons. The fraction of sp³-hybridized carbons (Fsp3) is 0.176. The highest BCUT2D eigenvalue weighted by Crippen LogP contribution is 2.23. The summed E-state index contributed by atoms with van der Waals surface area (Å²) in [6, 6.07) is 9.99. The van der Waals surface area contributed by atoms with Crippen molar-refractivity contribution in [1.82, 2.24) is 9.55 Å². The first-order chi connectivity index (χ1) is 10.1. The van der Waals surface area contributed by atoms with Crippen LogP contribution in [-0.2, 0) is 17.8 Å². The first-order valence-corrected chi connectivity index (χ1v) is 6.82. The maximum atomic E-state index is 11.0. The standard InChI is InChI=1S/C17H16N2O2/c1-12-6-13(9-18-8-12)10-19-11-14(7-17(20)21)15-4-2-3-5-16(15)19/h2-6,8-9,11H,7,10H2,1H3,(H,20,21). The summed E-state index contributed by atoms with van der Waals surface area (Å²) >= 11 is 0. The summed E-state index contributed by atoms with van der Waals surface area (Å²) in [5.74, 6) is -0.810. The van der Waals surface area contributed by atoms with E-state index in [1.807, 2.05) is 49.8 Å². The zero-order chi connectivity index (χ0) is 14.8. The van der Waals surface area contributed by atoms with E-state index in [0.717, 1.165) is 27.6 Å². The Morgan fingerprint density at radius 2 is 2.10 bits per heavy atom. The third-order valence-corrected chi connectivity index (χ3v) is 3.50. The van der Waals surface area contributed by atoms with Crippen molar-refractivity contribution in [3.63, 3.8) is 0 Å². The minimum absolute atomic E-state index is 0.0413. The summed E-state index contributed by atoms with van der Waals surface area (Å²) in [5.41, 5.74) is 4.13. The zero-order valence-corrected chi connectivity index (χ0v) is 11.8. The second-order valence-electron chi connectivity index (χ2n) is 5.24. The average Bonchev–Trinajstić information content (AvgIpc) is 2.77. The molecule has 0 unspecified atom stereocenters. The highest BCUT2D eigenvalue weighted by molar-refractivity contribution is 5.87. The summed E-state index contributed by atoms with van der Waals surface area (Å²) in [7, 11) is 0. The third-order valence-electron chi connectivity index (χ3n) is 3.50. The Hall–Kier alpha value is -2.62. The van der Waals surface area contributed by atoms with Crippen LogP contribution in [0.25, 0.3) is 10.9 Å². The molecule has 0 fully saturated rings. The molecule has 0 saturated carbocycles. The maximum absolute atomic E-state index is 11.0. The topological polar surface area (TPSA) is 55.1 Å². The number of aromatic nitrogens is 2. The molecular weight excluding hydrogens is 264 g/mol. The molecule has 3 rings (SSSR count). The first kappa shape index (κ1) is 13.4. The summed E-state index contributed by atoms with van der Waals surface area (Å²) in [6.07, 6.45) is 5.65. The van der Waals surface area contributed by atoms with E-state index < -0.39 is 5.97 Å². The van der Waals surface area contributed by atoms with Crippen LogP contribution in [0, 0.1) is 6.92 Å². The van der Waals surface area contributed by atoms with Gasteiger partial charge in [0.1, 0.15) is 0 Å². The highest BCUT2D eigenvalue weighted by atomic mass is 16.4. The van der Waals surface area contributed by atoms with Gasteiger partial charge >= 0.3 is 5.97 Å². The number of fused-ring (bicyclic) bond motifs is 1. The van der Waals surface area contributed by atoms with Gasteiger partial charge in [-0.3, -0.25) is 9.78 Å². The Labute approximate surface area is 122 Å². The van der Waals surface area contributed by atoms with Crippen molar-refractivity contribution < 1.29 is 9.90 Å².